The van der Waals surface area contributed by atoms with Gasteiger partial charge in [-0.25, -0.2) is 24.1 Å². The van der Waals surface area contributed by atoms with E-state index in [-0.39, 0.29) is 44.1 Å². The van der Waals surface area contributed by atoms with Gasteiger partial charge in [0.25, 0.3) is 0 Å². The summed E-state index contributed by atoms with van der Waals surface area (Å²) in [7, 11) is 1.59. The molecule has 0 saturated heterocycles. The van der Waals surface area contributed by atoms with E-state index in [9.17, 15) is 19.2 Å². The van der Waals surface area contributed by atoms with Gasteiger partial charge in [-0.2, -0.15) is 0 Å². The van der Waals surface area contributed by atoms with E-state index in [2.05, 4.69) is 18.5 Å². The Hall–Kier alpha value is -2.74. The predicted molar refractivity (Wildman–Crippen MR) is 119 cm³/mol. The van der Waals surface area contributed by atoms with Crippen molar-refractivity contribution in [3.63, 3.8) is 0 Å². The molecule has 0 aromatic carbocycles. The lowest BCUT2D eigenvalue weighted by Gasteiger charge is -2.24. The highest BCUT2D eigenvalue weighted by atomic mass is 28.4. The quantitative estimate of drug-likeness (QED) is 0.118. The van der Waals surface area contributed by atoms with Crippen molar-refractivity contribution in [3.8, 4) is 0 Å². The molecule has 1 N–H and O–H groups in total. The standard InChI is InChI=1S/C20H34N2O10Si/c1-15(2)17(23)30-12-9-21-19(25)22(10-13-31-18(24)16(3)4)20(26)32-11-8-14-33(27-5,28-6)29-7/h1,3,8-14H2,2,4-7H3,(H,21,25). The van der Waals surface area contributed by atoms with E-state index >= 15 is 0 Å². The Morgan fingerprint density at radius 3 is 1.82 bits per heavy atom. The second kappa shape index (κ2) is 16.0. The molecule has 0 rings (SSSR count). The first kappa shape index (κ1) is 30.3. The molecule has 188 valence electrons. The summed E-state index contributed by atoms with van der Waals surface area (Å²) in [5.74, 6) is -1.26. The highest BCUT2D eigenvalue weighted by Crippen LogP contribution is 2.15. The molecule has 0 aliphatic rings. The molecule has 13 heteroatoms. The molecular weight excluding hydrogens is 456 g/mol. The number of urea groups is 1. The number of nitrogens with zero attached hydrogens (tertiary/aromatic N) is 1. The summed E-state index contributed by atoms with van der Waals surface area (Å²) in [5.41, 5.74) is 0.392. The third kappa shape index (κ3) is 11.6. The zero-order valence-electron chi connectivity index (χ0n) is 19.9. The monoisotopic (exact) mass is 490 g/mol. The van der Waals surface area contributed by atoms with Crippen molar-refractivity contribution in [2.45, 2.75) is 26.3 Å². The molecule has 33 heavy (non-hydrogen) atoms. The smallest absolute Gasteiger partial charge is 0.460 e. The fraction of sp³-hybridized carbons (Fsp3) is 0.600. The largest absolute Gasteiger partial charge is 0.500 e. The molecule has 0 aromatic rings. The minimum atomic E-state index is -2.82. The summed E-state index contributed by atoms with van der Waals surface area (Å²) in [5, 5.41) is 2.43. The number of hydrogen-bond donors (Lipinski definition) is 1. The van der Waals surface area contributed by atoms with Gasteiger partial charge in [-0.15, -0.1) is 0 Å². The van der Waals surface area contributed by atoms with E-state index < -0.39 is 32.9 Å². The van der Waals surface area contributed by atoms with Crippen molar-refractivity contribution in [2.24, 2.45) is 0 Å². The molecule has 0 bridgehead atoms. The highest BCUT2D eigenvalue weighted by Gasteiger charge is 2.37. The van der Waals surface area contributed by atoms with Gasteiger partial charge in [0, 0.05) is 38.5 Å². The van der Waals surface area contributed by atoms with Gasteiger partial charge in [0.15, 0.2) is 0 Å². The van der Waals surface area contributed by atoms with Crippen LogP contribution >= 0.6 is 0 Å². The maximum atomic E-state index is 12.5. The summed E-state index contributed by atoms with van der Waals surface area (Å²) in [4.78, 5) is 48.6. The van der Waals surface area contributed by atoms with Crippen LogP contribution in [0.4, 0.5) is 9.59 Å². The molecule has 0 spiro atoms. The van der Waals surface area contributed by atoms with Crippen LogP contribution in [-0.4, -0.2) is 92.0 Å². The summed E-state index contributed by atoms with van der Waals surface area (Å²) in [6, 6.07) is -0.424. The van der Waals surface area contributed by atoms with Gasteiger partial charge >= 0.3 is 32.9 Å². The predicted octanol–water partition coefficient (Wildman–Crippen LogP) is 1.64. The van der Waals surface area contributed by atoms with E-state index in [1.807, 2.05) is 0 Å². The van der Waals surface area contributed by atoms with Gasteiger partial charge in [0.2, 0.25) is 0 Å². The molecule has 0 saturated carbocycles. The van der Waals surface area contributed by atoms with Crippen LogP contribution < -0.4 is 5.32 Å². The Labute approximate surface area is 195 Å². The first-order chi connectivity index (χ1) is 15.5. The van der Waals surface area contributed by atoms with Crippen LogP contribution in [-0.2, 0) is 37.1 Å². The number of carbonyl (C=O) groups is 4. The summed E-state index contributed by atoms with van der Waals surface area (Å²) in [6.45, 7) is 9.13. The van der Waals surface area contributed by atoms with E-state index in [4.69, 9.17) is 27.5 Å². The Bertz CT molecular complexity index is 701. The van der Waals surface area contributed by atoms with Crippen molar-refractivity contribution in [3.05, 3.63) is 24.3 Å². The second-order valence-electron chi connectivity index (χ2n) is 6.73. The van der Waals surface area contributed by atoms with Crippen LogP contribution in [0, 0.1) is 0 Å². The SMILES string of the molecule is C=C(C)C(=O)OCCNC(=O)N(CCOC(=O)C(=C)C)C(=O)OCCC[Si](OC)(OC)OC. The van der Waals surface area contributed by atoms with Crippen LogP contribution in [0.5, 0.6) is 0 Å². The Morgan fingerprint density at radius 1 is 0.818 bits per heavy atom. The number of hydrogen-bond acceptors (Lipinski definition) is 10. The molecule has 0 aliphatic carbocycles. The minimum absolute atomic E-state index is 0.0325. The number of carbonyl (C=O) groups excluding carboxylic acids is 4. The highest BCUT2D eigenvalue weighted by molar-refractivity contribution is 6.60. The fourth-order valence-electron chi connectivity index (χ4n) is 2.23. The number of rotatable bonds is 15. The average Bonchev–Trinajstić information content (AvgIpc) is 2.79. The molecule has 0 heterocycles. The van der Waals surface area contributed by atoms with Crippen LogP contribution in [0.1, 0.15) is 20.3 Å². The lowest BCUT2D eigenvalue weighted by Crippen LogP contribution is -2.47. The maximum absolute atomic E-state index is 12.5. The van der Waals surface area contributed by atoms with Gasteiger partial charge in [-0.1, -0.05) is 13.2 Å². The third-order valence-electron chi connectivity index (χ3n) is 4.11. The van der Waals surface area contributed by atoms with Gasteiger partial charge < -0.3 is 32.8 Å². The normalized spacial score (nSPS) is 10.7. The van der Waals surface area contributed by atoms with Gasteiger partial charge in [0.1, 0.15) is 13.2 Å². The minimum Gasteiger partial charge on any atom is -0.460 e. The zero-order chi connectivity index (χ0) is 25.4. The number of ether oxygens (including phenoxy) is 3. The molecule has 0 atom stereocenters. The lowest BCUT2D eigenvalue weighted by atomic mass is 10.4. The Kier molecular flexibility index (Phi) is 14.6. The van der Waals surface area contributed by atoms with Crippen LogP contribution in [0.3, 0.4) is 0 Å². The molecule has 0 aliphatic heterocycles. The Balaban J connectivity index is 4.84. The molecule has 0 fully saturated rings. The van der Waals surface area contributed by atoms with Crippen LogP contribution in [0.25, 0.3) is 0 Å². The number of nitrogens with one attached hydrogen (secondary N) is 1. The van der Waals surface area contributed by atoms with Crippen LogP contribution in [0.15, 0.2) is 24.3 Å². The number of imide groups is 1. The lowest BCUT2D eigenvalue weighted by molar-refractivity contribution is -0.139. The fourth-order valence-corrected chi connectivity index (χ4v) is 3.92. The maximum Gasteiger partial charge on any atom is 0.500 e. The van der Waals surface area contributed by atoms with Crippen molar-refractivity contribution in [2.75, 3.05) is 54.2 Å². The summed E-state index contributed by atoms with van der Waals surface area (Å²) >= 11 is 0. The third-order valence-corrected chi connectivity index (χ3v) is 6.94. The molecule has 12 nitrogen and oxygen atoms in total. The summed E-state index contributed by atoms with van der Waals surface area (Å²) < 4.78 is 30.9. The zero-order valence-corrected chi connectivity index (χ0v) is 20.9. The topological polar surface area (TPSA) is 139 Å². The van der Waals surface area contributed by atoms with E-state index in [1.165, 1.54) is 35.2 Å². The molecule has 0 radical (unpaired) electrons. The average molecular weight is 491 g/mol. The van der Waals surface area contributed by atoms with E-state index in [0.717, 1.165) is 4.90 Å². The van der Waals surface area contributed by atoms with Gasteiger partial charge in [-0.3, -0.25) is 0 Å². The first-order valence-corrected chi connectivity index (χ1v) is 12.0. The number of amides is 3. The molecular formula is C20H34N2O10Si. The van der Waals surface area contributed by atoms with Gasteiger partial charge in [0.05, 0.1) is 19.7 Å². The van der Waals surface area contributed by atoms with Crippen LogP contribution in [0.2, 0.25) is 6.04 Å². The van der Waals surface area contributed by atoms with E-state index in [1.54, 1.807) is 0 Å². The molecule has 0 unspecified atom stereocenters. The first-order valence-electron chi connectivity index (χ1n) is 10.1. The van der Waals surface area contributed by atoms with Crippen molar-refractivity contribution in [1.82, 2.24) is 10.2 Å². The second-order valence-corrected chi connectivity index (χ2v) is 9.82. The Morgan fingerprint density at radius 2 is 1.33 bits per heavy atom. The van der Waals surface area contributed by atoms with E-state index in [0.29, 0.717) is 12.5 Å². The number of esters is 2. The molecule has 3 amide bonds. The van der Waals surface area contributed by atoms with Gasteiger partial charge in [-0.05, 0) is 20.3 Å². The summed E-state index contributed by atoms with van der Waals surface area (Å²) in [6.07, 6.45) is -0.581. The van der Waals surface area contributed by atoms with Crippen molar-refractivity contribution >= 4 is 32.9 Å². The molecule has 0 aromatic heterocycles. The van der Waals surface area contributed by atoms with Crippen molar-refractivity contribution < 1.29 is 46.7 Å². The van der Waals surface area contributed by atoms with Crippen molar-refractivity contribution in [1.29, 1.82) is 0 Å².